The van der Waals surface area contributed by atoms with Gasteiger partial charge in [0.15, 0.2) is 5.76 Å². The highest BCUT2D eigenvalue weighted by atomic mass is 16.3. The van der Waals surface area contributed by atoms with Crippen LogP contribution in [0.25, 0.3) is 0 Å². The molecule has 1 aliphatic rings. The minimum atomic E-state index is -0.593. The molecule has 5 heteroatoms. The summed E-state index contributed by atoms with van der Waals surface area (Å²) < 4.78 is 5.01. The summed E-state index contributed by atoms with van der Waals surface area (Å²) in [6.07, 6.45) is 1.86. The number of hydrogen-bond acceptors (Lipinski definition) is 4. The van der Waals surface area contributed by atoms with E-state index in [0.717, 1.165) is 19.5 Å². The highest BCUT2D eigenvalue weighted by molar-refractivity contribution is 5.91. The summed E-state index contributed by atoms with van der Waals surface area (Å²) >= 11 is 0. The number of amides is 1. The van der Waals surface area contributed by atoms with Gasteiger partial charge in [-0.05, 0) is 29.7 Å². The van der Waals surface area contributed by atoms with E-state index in [-0.39, 0.29) is 18.2 Å². The molecule has 0 saturated heterocycles. The lowest BCUT2D eigenvalue weighted by Gasteiger charge is -2.30. The van der Waals surface area contributed by atoms with E-state index in [4.69, 9.17) is 4.42 Å². The normalized spacial score (nSPS) is 16.0. The maximum atomic E-state index is 11.7. The summed E-state index contributed by atoms with van der Waals surface area (Å²) in [7, 11) is 0. The largest absolute Gasteiger partial charge is 0.459 e. The van der Waals surface area contributed by atoms with E-state index in [1.54, 1.807) is 12.1 Å². The molecular formula is C17H20N2O3. The molecule has 0 spiro atoms. The van der Waals surface area contributed by atoms with E-state index in [0.29, 0.717) is 6.54 Å². The summed E-state index contributed by atoms with van der Waals surface area (Å²) in [5.41, 5.74) is 2.71. The van der Waals surface area contributed by atoms with Gasteiger partial charge in [-0.15, -0.1) is 0 Å². The van der Waals surface area contributed by atoms with Gasteiger partial charge in [0.05, 0.1) is 12.4 Å². The first-order valence-electron chi connectivity index (χ1n) is 7.51. The number of furan rings is 1. The lowest BCUT2D eigenvalue weighted by atomic mass is 10.00. The minimum Gasteiger partial charge on any atom is -0.459 e. The fraction of sp³-hybridized carbons (Fsp3) is 0.353. The van der Waals surface area contributed by atoms with Gasteiger partial charge >= 0.3 is 0 Å². The Hall–Kier alpha value is -2.11. The predicted molar refractivity (Wildman–Crippen MR) is 82.5 cm³/mol. The van der Waals surface area contributed by atoms with Crippen molar-refractivity contribution in [2.45, 2.75) is 19.1 Å². The minimum absolute atomic E-state index is 0.220. The quantitative estimate of drug-likeness (QED) is 0.876. The number of nitrogens with one attached hydrogen (secondary N) is 1. The van der Waals surface area contributed by atoms with Crippen molar-refractivity contribution in [2.24, 2.45) is 0 Å². The molecule has 5 nitrogen and oxygen atoms in total. The van der Waals surface area contributed by atoms with Crippen LogP contribution in [0.5, 0.6) is 0 Å². The number of aliphatic hydroxyl groups excluding tert-OH is 1. The van der Waals surface area contributed by atoms with Crippen LogP contribution < -0.4 is 5.32 Å². The number of β-amino-alcohol motifs (C(OH)–C–C–N with tert-alkyl or cyclic N) is 1. The van der Waals surface area contributed by atoms with Crippen molar-refractivity contribution in [1.82, 2.24) is 10.2 Å². The summed E-state index contributed by atoms with van der Waals surface area (Å²) in [5.74, 6) is -0.0351. The number of carbonyl (C=O) groups excluding carboxylic acids is 1. The van der Waals surface area contributed by atoms with Gasteiger partial charge in [0.1, 0.15) is 0 Å². The Kier molecular flexibility index (Phi) is 4.56. The van der Waals surface area contributed by atoms with Gasteiger partial charge in [0, 0.05) is 26.2 Å². The highest BCUT2D eigenvalue weighted by Crippen LogP contribution is 2.18. The Morgan fingerprint density at radius 1 is 1.27 bits per heavy atom. The zero-order valence-corrected chi connectivity index (χ0v) is 12.4. The van der Waals surface area contributed by atoms with Crippen molar-refractivity contribution in [3.63, 3.8) is 0 Å². The van der Waals surface area contributed by atoms with Crippen LogP contribution in [0.1, 0.15) is 21.7 Å². The molecule has 2 aromatic rings. The van der Waals surface area contributed by atoms with Crippen LogP contribution >= 0.6 is 0 Å². The number of benzene rings is 1. The number of carbonyl (C=O) groups is 1. The molecule has 0 saturated carbocycles. The number of aliphatic hydroxyl groups is 1. The Labute approximate surface area is 129 Å². The summed E-state index contributed by atoms with van der Waals surface area (Å²) in [6, 6.07) is 11.7. The van der Waals surface area contributed by atoms with Crippen molar-refractivity contribution in [1.29, 1.82) is 0 Å². The Bertz CT molecular complexity index is 625. The van der Waals surface area contributed by atoms with E-state index in [2.05, 4.69) is 28.4 Å². The molecule has 1 aromatic heterocycles. The third kappa shape index (κ3) is 3.55. The number of hydrogen-bond donors (Lipinski definition) is 2. The van der Waals surface area contributed by atoms with E-state index >= 15 is 0 Å². The fourth-order valence-corrected chi connectivity index (χ4v) is 2.78. The van der Waals surface area contributed by atoms with Crippen molar-refractivity contribution < 1.29 is 14.3 Å². The number of nitrogens with zero attached hydrogens (tertiary/aromatic N) is 1. The van der Waals surface area contributed by atoms with Crippen LogP contribution in [0.3, 0.4) is 0 Å². The van der Waals surface area contributed by atoms with E-state index in [1.807, 2.05) is 6.07 Å². The lowest BCUT2D eigenvalue weighted by Crippen LogP contribution is -2.41. The first-order valence-corrected chi connectivity index (χ1v) is 7.51. The molecule has 22 heavy (non-hydrogen) atoms. The zero-order chi connectivity index (χ0) is 15.4. The van der Waals surface area contributed by atoms with E-state index < -0.39 is 6.10 Å². The van der Waals surface area contributed by atoms with E-state index in [9.17, 15) is 9.90 Å². The second-order valence-electron chi connectivity index (χ2n) is 5.59. The molecule has 1 amide bonds. The topological polar surface area (TPSA) is 65.7 Å². The summed E-state index contributed by atoms with van der Waals surface area (Å²) in [6.45, 7) is 2.55. The number of rotatable bonds is 5. The average molecular weight is 300 g/mol. The van der Waals surface area contributed by atoms with Gasteiger partial charge in [0.25, 0.3) is 5.91 Å². The number of fused-ring (bicyclic) bond motifs is 1. The smallest absolute Gasteiger partial charge is 0.287 e. The summed E-state index contributed by atoms with van der Waals surface area (Å²) in [5, 5.41) is 12.8. The molecule has 1 aliphatic heterocycles. The molecule has 0 radical (unpaired) electrons. The van der Waals surface area contributed by atoms with Gasteiger partial charge < -0.3 is 14.8 Å². The van der Waals surface area contributed by atoms with Gasteiger partial charge in [0.2, 0.25) is 0 Å². The fourth-order valence-electron chi connectivity index (χ4n) is 2.78. The molecule has 1 unspecified atom stereocenters. The molecule has 1 atom stereocenters. The first-order chi connectivity index (χ1) is 10.7. The molecule has 116 valence electrons. The highest BCUT2D eigenvalue weighted by Gasteiger charge is 2.19. The molecule has 1 aromatic carbocycles. The molecule has 0 fully saturated rings. The van der Waals surface area contributed by atoms with E-state index in [1.165, 1.54) is 17.4 Å². The third-order valence-electron chi connectivity index (χ3n) is 3.92. The molecular weight excluding hydrogens is 280 g/mol. The van der Waals surface area contributed by atoms with Crippen LogP contribution in [0.2, 0.25) is 0 Å². The van der Waals surface area contributed by atoms with Crippen LogP contribution in [-0.2, 0) is 13.0 Å². The monoisotopic (exact) mass is 300 g/mol. The molecule has 0 bridgehead atoms. The molecule has 2 heterocycles. The van der Waals surface area contributed by atoms with Gasteiger partial charge in [-0.1, -0.05) is 24.3 Å². The maximum Gasteiger partial charge on any atom is 0.287 e. The standard InChI is InChI=1S/C17H20N2O3/c20-15(10-18-17(21)16-6-3-9-22-16)12-19-8-7-13-4-1-2-5-14(13)11-19/h1-6,9,15,20H,7-8,10-12H2,(H,18,21). The molecule has 2 N–H and O–H groups in total. The predicted octanol–water partition coefficient (Wildman–Crippen LogP) is 1.43. The zero-order valence-electron chi connectivity index (χ0n) is 12.4. The van der Waals surface area contributed by atoms with Gasteiger partial charge in [-0.3, -0.25) is 9.69 Å². The lowest BCUT2D eigenvalue weighted by molar-refractivity contribution is 0.0821. The second kappa shape index (κ2) is 6.77. The maximum absolute atomic E-state index is 11.7. The Morgan fingerprint density at radius 3 is 2.86 bits per heavy atom. The van der Waals surface area contributed by atoms with Gasteiger partial charge in [-0.25, -0.2) is 0 Å². The molecule has 0 aliphatic carbocycles. The van der Waals surface area contributed by atoms with Crippen LogP contribution in [-0.4, -0.2) is 41.7 Å². The third-order valence-corrected chi connectivity index (χ3v) is 3.92. The first kappa shape index (κ1) is 14.8. The average Bonchev–Trinajstić information content (AvgIpc) is 3.07. The van der Waals surface area contributed by atoms with Crippen molar-refractivity contribution in [2.75, 3.05) is 19.6 Å². The van der Waals surface area contributed by atoms with Crippen LogP contribution in [0.15, 0.2) is 47.1 Å². The van der Waals surface area contributed by atoms with Gasteiger partial charge in [-0.2, -0.15) is 0 Å². The van der Waals surface area contributed by atoms with Crippen LogP contribution in [0, 0.1) is 0 Å². The summed E-state index contributed by atoms with van der Waals surface area (Å²) in [4.78, 5) is 14.0. The second-order valence-corrected chi connectivity index (χ2v) is 5.59. The van der Waals surface area contributed by atoms with Crippen molar-refractivity contribution in [3.05, 3.63) is 59.5 Å². The Morgan fingerprint density at radius 2 is 2.09 bits per heavy atom. The van der Waals surface area contributed by atoms with Crippen LogP contribution in [0.4, 0.5) is 0 Å². The van der Waals surface area contributed by atoms with Crippen molar-refractivity contribution >= 4 is 5.91 Å². The molecule has 3 rings (SSSR count). The van der Waals surface area contributed by atoms with Crippen molar-refractivity contribution in [3.8, 4) is 0 Å². The Balaban J connectivity index is 1.46. The SMILES string of the molecule is O=C(NCC(O)CN1CCc2ccccc2C1)c1ccco1.